The highest BCUT2D eigenvalue weighted by molar-refractivity contribution is 7.91. The zero-order valence-electron chi connectivity index (χ0n) is 30.0. The van der Waals surface area contributed by atoms with Crippen molar-refractivity contribution in [1.29, 1.82) is 0 Å². The number of hydrogen-bond acceptors (Lipinski definition) is 9. The maximum atomic E-state index is 14.4. The molecule has 5 atom stereocenters. The van der Waals surface area contributed by atoms with Crippen molar-refractivity contribution < 1.29 is 37.1 Å². The fraction of sp³-hybridized carbons (Fsp3) is 0.541. The monoisotopic (exact) mass is 787 g/mol. The number of thiophene rings is 1. The lowest BCUT2D eigenvalue weighted by atomic mass is 10.0. The molecule has 0 spiro atoms. The molecule has 1 saturated heterocycles. The molecule has 2 saturated carbocycles. The van der Waals surface area contributed by atoms with Crippen molar-refractivity contribution in [3.05, 3.63) is 58.5 Å². The van der Waals surface area contributed by atoms with Crippen LogP contribution in [0, 0.1) is 5.92 Å². The van der Waals surface area contributed by atoms with Crippen LogP contribution in [0.15, 0.2) is 47.9 Å². The van der Waals surface area contributed by atoms with Gasteiger partial charge in [-0.2, -0.15) is 0 Å². The number of benzene rings is 1. The van der Waals surface area contributed by atoms with Gasteiger partial charge in [0.25, 0.3) is 11.8 Å². The molecule has 1 aromatic heterocycles. The summed E-state index contributed by atoms with van der Waals surface area (Å²) in [5.41, 5.74) is -1.03. The van der Waals surface area contributed by atoms with Gasteiger partial charge in [-0.25, -0.2) is 13.2 Å². The number of fused-ring (bicyclic) bond motifs is 2. The molecule has 2 aromatic rings. The molecule has 2 aliphatic carbocycles. The Bertz CT molecular complexity index is 1890. The molecule has 3 heterocycles. The number of allylic oxidation sites excluding steroid dienone is 1. The first-order chi connectivity index (χ1) is 25.0. The summed E-state index contributed by atoms with van der Waals surface area (Å²) in [4.78, 5) is 70.9. The van der Waals surface area contributed by atoms with Gasteiger partial charge in [-0.15, -0.1) is 11.3 Å². The average Bonchev–Trinajstić information content (AvgIpc) is 3.96. The van der Waals surface area contributed by atoms with Gasteiger partial charge in [0.2, 0.25) is 21.8 Å². The average molecular weight is 788 g/mol. The molecule has 1 aromatic carbocycles. The zero-order chi connectivity index (χ0) is 38.1. The molecule has 6 rings (SSSR count). The summed E-state index contributed by atoms with van der Waals surface area (Å²) in [5, 5.41) is 10.2. The van der Waals surface area contributed by atoms with Gasteiger partial charge in [-0.3, -0.25) is 23.9 Å². The van der Waals surface area contributed by atoms with Crippen LogP contribution in [0.1, 0.15) is 88.9 Å². The Hall–Kier alpha value is -3.95. The van der Waals surface area contributed by atoms with Crippen LogP contribution in [0.25, 0.3) is 10.4 Å². The van der Waals surface area contributed by atoms with E-state index in [9.17, 15) is 32.4 Å². The van der Waals surface area contributed by atoms with Crippen LogP contribution < -0.4 is 20.7 Å². The molecule has 0 bridgehead atoms. The van der Waals surface area contributed by atoms with Gasteiger partial charge in [0.05, 0.1) is 10.8 Å². The number of carbonyl (C=O) groups is 5. The van der Waals surface area contributed by atoms with Crippen molar-refractivity contribution in [2.24, 2.45) is 5.92 Å². The van der Waals surface area contributed by atoms with E-state index in [1.807, 2.05) is 24.3 Å². The molecule has 2 aliphatic heterocycles. The molecule has 16 heteroatoms. The molecule has 286 valence electrons. The summed E-state index contributed by atoms with van der Waals surface area (Å²) < 4.78 is 33.2. The second-order valence-corrected chi connectivity index (χ2v) is 18.6. The van der Waals surface area contributed by atoms with E-state index < -0.39 is 74.3 Å². The van der Waals surface area contributed by atoms with E-state index in [2.05, 4.69) is 20.7 Å². The summed E-state index contributed by atoms with van der Waals surface area (Å²) in [7, 11) is -3.90. The number of ether oxygens (including phenoxy) is 1. The van der Waals surface area contributed by atoms with Crippen molar-refractivity contribution in [2.75, 3.05) is 6.54 Å². The third-order valence-corrected chi connectivity index (χ3v) is 12.9. The highest BCUT2D eigenvalue weighted by Crippen LogP contribution is 2.46. The molecule has 53 heavy (non-hydrogen) atoms. The predicted octanol–water partition coefficient (Wildman–Crippen LogP) is 4.66. The Balaban J connectivity index is 1.26. The summed E-state index contributed by atoms with van der Waals surface area (Å²) in [6, 6.07) is 6.20. The maximum absolute atomic E-state index is 14.4. The standard InChI is InChI=1S/C37H46ClN5O8S2/c1-36(2,3)51-35(48)40-28-10-8-6-4-5-7-9-24-19-37(24,34(47)42-53(49,50)27-15-16-27)41-32(45)29-18-26(20-43(29)33(28)46)39-31(44)23-17-30(52-21-23)22-11-13-25(38)14-12-22/h7,9,11-14,17,21,24,26-29H,4-6,8,10,15-16,18-20H2,1-3H3,(H,39,44)(H,40,48)(H,41,45)(H,42,47)/b9-7-/t24-,26-,28+,29+,37-/m1/s1. The second-order valence-electron chi connectivity index (χ2n) is 15.3. The summed E-state index contributed by atoms with van der Waals surface area (Å²) >= 11 is 7.43. The van der Waals surface area contributed by atoms with Gasteiger partial charge >= 0.3 is 6.09 Å². The molecule has 4 aliphatic rings. The minimum absolute atomic E-state index is 0.0230. The first kappa shape index (κ1) is 38.8. The van der Waals surface area contributed by atoms with E-state index in [0.29, 0.717) is 42.7 Å². The van der Waals surface area contributed by atoms with Crippen molar-refractivity contribution in [2.45, 2.75) is 113 Å². The van der Waals surface area contributed by atoms with Gasteiger partial charge in [-0.05, 0) is 89.5 Å². The van der Waals surface area contributed by atoms with E-state index in [-0.39, 0.29) is 25.3 Å². The Kier molecular flexibility index (Phi) is 11.3. The molecule has 13 nitrogen and oxygen atoms in total. The van der Waals surface area contributed by atoms with Gasteiger partial charge in [-0.1, -0.05) is 48.7 Å². The summed E-state index contributed by atoms with van der Waals surface area (Å²) in [6.07, 6.45) is 7.25. The van der Waals surface area contributed by atoms with E-state index in [0.717, 1.165) is 23.3 Å². The largest absolute Gasteiger partial charge is 0.444 e. The van der Waals surface area contributed by atoms with Gasteiger partial charge in [0.1, 0.15) is 23.2 Å². The number of halogens is 1. The first-order valence-corrected chi connectivity index (χ1v) is 20.8. The van der Waals surface area contributed by atoms with Crippen molar-refractivity contribution in [1.82, 2.24) is 25.6 Å². The number of sulfonamides is 1. The molecule has 5 amide bonds. The second kappa shape index (κ2) is 15.4. The molecule has 4 N–H and O–H groups in total. The van der Waals surface area contributed by atoms with Crippen LogP contribution in [0.2, 0.25) is 5.02 Å². The van der Waals surface area contributed by atoms with Gasteiger partial charge in [0.15, 0.2) is 0 Å². The number of rotatable bonds is 7. The Morgan fingerprint density at radius 2 is 1.77 bits per heavy atom. The SMILES string of the molecule is CC(C)(C)OC(=O)N[C@H]1CCCCC/C=C\[C@@H]2C[C@@]2(C(=O)NS(=O)(=O)C2CC2)NC(=O)[C@@H]2C[C@@H](NC(=O)c3csc(-c4ccc(Cl)cc4)c3)CN2C1=O. The maximum Gasteiger partial charge on any atom is 0.408 e. The lowest BCUT2D eigenvalue weighted by molar-refractivity contribution is -0.141. The number of hydrogen-bond donors (Lipinski definition) is 4. The lowest BCUT2D eigenvalue weighted by Crippen LogP contribution is -2.58. The van der Waals surface area contributed by atoms with E-state index in [1.165, 1.54) is 16.2 Å². The van der Waals surface area contributed by atoms with Crippen LogP contribution in [-0.4, -0.2) is 84.1 Å². The van der Waals surface area contributed by atoms with Crippen LogP contribution in [0.4, 0.5) is 4.79 Å². The fourth-order valence-electron chi connectivity index (χ4n) is 6.84. The van der Waals surface area contributed by atoms with Crippen molar-refractivity contribution >= 4 is 62.7 Å². The normalized spacial score (nSPS) is 27.2. The predicted molar refractivity (Wildman–Crippen MR) is 201 cm³/mol. The Morgan fingerprint density at radius 1 is 1.04 bits per heavy atom. The minimum atomic E-state index is -3.90. The van der Waals surface area contributed by atoms with Crippen LogP contribution in [-0.2, 0) is 29.1 Å². The third-order valence-electron chi connectivity index (χ3n) is 9.90. The smallest absolute Gasteiger partial charge is 0.408 e. The topological polar surface area (TPSA) is 180 Å². The van der Waals surface area contributed by atoms with Gasteiger partial charge < -0.3 is 25.6 Å². The van der Waals surface area contributed by atoms with Crippen LogP contribution >= 0.6 is 22.9 Å². The van der Waals surface area contributed by atoms with Crippen molar-refractivity contribution in [3.63, 3.8) is 0 Å². The van der Waals surface area contributed by atoms with E-state index in [1.54, 1.807) is 44.4 Å². The van der Waals surface area contributed by atoms with Crippen molar-refractivity contribution in [3.8, 4) is 10.4 Å². The third kappa shape index (κ3) is 9.41. The molecule has 3 fully saturated rings. The van der Waals surface area contributed by atoms with Crippen LogP contribution in [0.5, 0.6) is 0 Å². The van der Waals surface area contributed by atoms with Crippen LogP contribution in [0.3, 0.4) is 0 Å². The molecule has 0 unspecified atom stereocenters. The Morgan fingerprint density at radius 3 is 2.47 bits per heavy atom. The van der Waals surface area contributed by atoms with E-state index >= 15 is 0 Å². The minimum Gasteiger partial charge on any atom is -0.444 e. The number of nitrogens with one attached hydrogen (secondary N) is 4. The first-order valence-electron chi connectivity index (χ1n) is 18.0. The summed E-state index contributed by atoms with van der Waals surface area (Å²) in [5.74, 6) is -2.82. The quantitative estimate of drug-likeness (QED) is 0.293. The fourth-order valence-corrected chi connectivity index (χ4v) is 9.23. The van der Waals surface area contributed by atoms with Gasteiger partial charge in [0, 0.05) is 33.8 Å². The highest BCUT2D eigenvalue weighted by Gasteiger charge is 2.62. The zero-order valence-corrected chi connectivity index (χ0v) is 32.4. The molecular formula is C37H46ClN5O8S2. The highest BCUT2D eigenvalue weighted by atomic mass is 35.5. The number of alkyl carbamates (subject to hydrolysis) is 1. The van der Waals surface area contributed by atoms with E-state index in [4.69, 9.17) is 16.3 Å². The molecule has 0 radical (unpaired) electrons. The summed E-state index contributed by atoms with van der Waals surface area (Å²) in [6.45, 7) is 5.10. The lowest BCUT2D eigenvalue weighted by Gasteiger charge is -2.30. The number of nitrogens with zero attached hydrogens (tertiary/aromatic N) is 1. The number of amides is 5. The molecular weight excluding hydrogens is 742 g/mol. The Labute approximate surface area is 318 Å². The number of carbonyl (C=O) groups excluding carboxylic acids is 5.